The first-order chi connectivity index (χ1) is 6.63. The number of hydrogen-bond acceptors (Lipinski definition) is 2. The summed E-state index contributed by atoms with van der Waals surface area (Å²) in [5.41, 5.74) is 0. The van der Waals surface area contributed by atoms with Gasteiger partial charge >= 0.3 is 0 Å². The van der Waals surface area contributed by atoms with Crippen molar-refractivity contribution < 1.29 is 4.79 Å². The molecule has 0 atom stereocenters. The van der Waals surface area contributed by atoms with Crippen molar-refractivity contribution in [2.45, 2.75) is 26.3 Å². The van der Waals surface area contributed by atoms with Crippen LogP contribution >= 0.6 is 11.6 Å². The lowest BCUT2D eigenvalue weighted by Gasteiger charge is -2.04. The molecule has 1 amide bonds. The van der Waals surface area contributed by atoms with Crippen LogP contribution in [-0.2, 0) is 4.79 Å². The first-order valence-corrected chi connectivity index (χ1v) is 5.08. The number of anilines is 1. The van der Waals surface area contributed by atoms with Gasteiger partial charge in [-0.25, -0.2) is 0 Å². The van der Waals surface area contributed by atoms with E-state index >= 15 is 0 Å². The molecule has 0 aliphatic heterocycles. The van der Waals surface area contributed by atoms with Crippen molar-refractivity contribution in [2.24, 2.45) is 0 Å². The van der Waals surface area contributed by atoms with Crippen LogP contribution in [0.4, 0.5) is 5.82 Å². The molecule has 0 radical (unpaired) electrons. The van der Waals surface area contributed by atoms with E-state index < -0.39 is 0 Å². The van der Waals surface area contributed by atoms with E-state index in [2.05, 4.69) is 10.4 Å². The predicted molar refractivity (Wildman–Crippen MR) is 56.6 cm³/mol. The van der Waals surface area contributed by atoms with Crippen LogP contribution < -0.4 is 5.32 Å². The van der Waals surface area contributed by atoms with Gasteiger partial charge in [0.25, 0.3) is 0 Å². The molecule has 4 nitrogen and oxygen atoms in total. The SMILES string of the molecule is CC(C)n1ccc(NC(=O)CCCl)n1. The van der Waals surface area contributed by atoms with Crippen LogP contribution in [0.15, 0.2) is 12.3 Å². The molecule has 1 heterocycles. The average molecular weight is 216 g/mol. The first-order valence-electron chi connectivity index (χ1n) is 4.54. The Labute approximate surface area is 88.2 Å². The Bertz CT molecular complexity index is 309. The number of amides is 1. The summed E-state index contributed by atoms with van der Waals surface area (Å²) in [6.45, 7) is 4.05. The van der Waals surface area contributed by atoms with Crippen molar-refractivity contribution in [1.29, 1.82) is 0 Å². The minimum atomic E-state index is -0.103. The van der Waals surface area contributed by atoms with Crippen molar-refractivity contribution in [2.75, 3.05) is 11.2 Å². The molecule has 14 heavy (non-hydrogen) atoms. The molecule has 0 saturated heterocycles. The smallest absolute Gasteiger partial charge is 0.226 e. The number of nitrogens with zero attached hydrogens (tertiary/aromatic N) is 2. The van der Waals surface area contributed by atoms with Crippen molar-refractivity contribution in [3.05, 3.63) is 12.3 Å². The lowest BCUT2D eigenvalue weighted by molar-refractivity contribution is -0.115. The van der Waals surface area contributed by atoms with Gasteiger partial charge in [-0.2, -0.15) is 5.10 Å². The number of rotatable bonds is 4. The van der Waals surface area contributed by atoms with E-state index in [4.69, 9.17) is 11.6 Å². The molecule has 1 N–H and O–H groups in total. The fourth-order valence-electron chi connectivity index (χ4n) is 0.983. The molecule has 0 aromatic carbocycles. The molecule has 78 valence electrons. The van der Waals surface area contributed by atoms with Gasteiger partial charge in [0.05, 0.1) is 0 Å². The van der Waals surface area contributed by atoms with E-state index in [0.717, 1.165) is 0 Å². The molecule has 5 heteroatoms. The number of alkyl halides is 1. The maximum Gasteiger partial charge on any atom is 0.226 e. The van der Waals surface area contributed by atoms with E-state index in [-0.39, 0.29) is 5.91 Å². The Balaban J connectivity index is 2.55. The maximum absolute atomic E-state index is 11.1. The van der Waals surface area contributed by atoms with Crippen molar-refractivity contribution >= 4 is 23.3 Å². The standard InChI is InChI=1S/C9H14ClN3O/c1-7(2)13-6-4-8(12-13)11-9(14)3-5-10/h4,6-7H,3,5H2,1-2H3,(H,11,12,14). The second kappa shape index (κ2) is 5.00. The van der Waals surface area contributed by atoms with Gasteiger partial charge in [0.1, 0.15) is 0 Å². The third-order valence-electron chi connectivity index (χ3n) is 1.73. The molecule has 0 unspecified atom stereocenters. The van der Waals surface area contributed by atoms with Gasteiger partial charge < -0.3 is 5.32 Å². The van der Waals surface area contributed by atoms with Crippen LogP contribution in [0.25, 0.3) is 0 Å². The summed E-state index contributed by atoms with van der Waals surface area (Å²) in [5, 5.41) is 6.84. The van der Waals surface area contributed by atoms with Gasteiger partial charge in [0.15, 0.2) is 5.82 Å². The summed E-state index contributed by atoms with van der Waals surface area (Å²) in [6.07, 6.45) is 2.15. The molecule has 0 aliphatic carbocycles. The van der Waals surface area contributed by atoms with E-state index in [0.29, 0.717) is 24.2 Å². The van der Waals surface area contributed by atoms with Gasteiger partial charge in [-0.3, -0.25) is 9.48 Å². The van der Waals surface area contributed by atoms with Crippen LogP contribution in [0.3, 0.4) is 0 Å². The van der Waals surface area contributed by atoms with Gasteiger partial charge in [-0.1, -0.05) is 0 Å². The van der Waals surface area contributed by atoms with Crippen LogP contribution in [0.5, 0.6) is 0 Å². The fraction of sp³-hybridized carbons (Fsp3) is 0.556. The first kappa shape index (κ1) is 11.0. The third kappa shape index (κ3) is 3.03. The molecule has 0 saturated carbocycles. The zero-order valence-electron chi connectivity index (χ0n) is 8.33. The molecule has 1 rings (SSSR count). The lowest BCUT2D eigenvalue weighted by atomic mass is 10.4. The monoisotopic (exact) mass is 215 g/mol. The van der Waals surface area contributed by atoms with Crippen LogP contribution in [0.2, 0.25) is 0 Å². The molecule has 0 aliphatic rings. The lowest BCUT2D eigenvalue weighted by Crippen LogP contribution is -2.12. The third-order valence-corrected chi connectivity index (χ3v) is 1.92. The number of aromatic nitrogens is 2. The van der Waals surface area contributed by atoms with E-state index in [1.165, 1.54) is 0 Å². The molecular formula is C9H14ClN3O. The quantitative estimate of drug-likeness (QED) is 0.782. The van der Waals surface area contributed by atoms with Crippen molar-refractivity contribution in [3.8, 4) is 0 Å². The van der Waals surface area contributed by atoms with Crippen LogP contribution in [0, 0.1) is 0 Å². The highest BCUT2D eigenvalue weighted by Gasteiger charge is 2.05. The number of carbonyl (C=O) groups is 1. The summed E-state index contributed by atoms with van der Waals surface area (Å²) < 4.78 is 1.79. The van der Waals surface area contributed by atoms with E-state index in [9.17, 15) is 4.79 Å². The van der Waals surface area contributed by atoms with E-state index in [1.807, 2.05) is 20.0 Å². The largest absolute Gasteiger partial charge is 0.309 e. The van der Waals surface area contributed by atoms with Gasteiger partial charge in [0, 0.05) is 30.6 Å². The molecular weight excluding hydrogens is 202 g/mol. The Kier molecular flexibility index (Phi) is 3.95. The summed E-state index contributed by atoms with van der Waals surface area (Å²) >= 11 is 5.43. The second-order valence-corrected chi connectivity index (χ2v) is 3.64. The molecule has 0 fully saturated rings. The maximum atomic E-state index is 11.1. The van der Waals surface area contributed by atoms with Gasteiger partial charge in [0.2, 0.25) is 5.91 Å². The second-order valence-electron chi connectivity index (χ2n) is 3.26. The summed E-state index contributed by atoms with van der Waals surface area (Å²) in [4.78, 5) is 11.1. The average Bonchev–Trinajstić information content (AvgIpc) is 2.53. The Hall–Kier alpha value is -1.03. The highest BCUT2D eigenvalue weighted by molar-refractivity contribution is 6.19. The van der Waals surface area contributed by atoms with Crippen molar-refractivity contribution in [1.82, 2.24) is 9.78 Å². The zero-order valence-corrected chi connectivity index (χ0v) is 9.08. The van der Waals surface area contributed by atoms with Gasteiger partial charge in [-0.05, 0) is 13.8 Å². The minimum Gasteiger partial charge on any atom is -0.309 e. The van der Waals surface area contributed by atoms with Crippen LogP contribution in [0.1, 0.15) is 26.3 Å². The van der Waals surface area contributed by atoms with Crippen LogP contribution in [-0.4, -0.2) is 21.6 Å². The fourth-order valence-corrected chi connectivity index (χ4v) is 1.16. The number of carbonyl (C=O) groups excluding carboxylic acids is 1. The highest BCUT2D eigenvalue weighted by Crippen LogP contribution is 2.08. The van der Waals surface area contributed by atoms with Gasteiger partial charge in [-0.15, -0.1) is 11.6 Å². The zero-order chi connectivity index (χ0) is 10.6. The number of nitrogens with one attached hydrogen (secondary N) is 1. The summed E-state index contributed by atoms with van der Waals surface area (Å²) in [6, 6.07) is 2.07. The molecule has 1 aromatic rings. The molecule has 0 bridgehead atoms. The topological polar surface area (TPSA) is 46.9 Å². The predicted octanol–water partition coefficient (Wildman–Crippen LogP) is 2.03. The number of hydrogen-bond donors (Lipinski definition) is 1. The normalized spacial score (nSPS) is 10.6. The number of halogens is 1. The Morgan fingerprint density at radius 2 is 2.43 bits per heavy atom. The van der Waals surface area contributed by atoms with E-state index in [1.54, 1.807) is 10.7 Å². The Morgan fingerprint density at radius 1 is 1.71 bits per heavy atom. The molecule has 1 aromatic heterocycles. The minimum absolute atomic E-state index is 0.103. The summed E-state index contributed by atoms with van der Waals surface area (Å²) in [7, 11) is 0. The molecule has 0 spiro atoms. The van der Waals surface area contributed by atoms with Crippen molar-refractivity contribution in [3.63, 3.8) is 0 Å². The highest BCUT2D eigenvalue weighted by atomic mass is 35.5. The summed E-state index contributed by atoms with van der Waals surface area (Å²) in [5.74, 6) is 0.805. The Morgan fingerprint density at radius 3 is 2.93 bits per heavy atom.